The molecule has 0 saturated carbocycles. The van der Waals surface area contributed by atoms with E-state index in [1.807, 2.05) is 6.92 Å². The van der Waals surface area contributed by atoms with Gasteiger partial charge in [-0.15, -0.1) is 0 Å². The van der Waals surface area contributed by atoms with Gasteiger partial charge in [0, 0.05) is 25.0 Å². The Labute approximate surface area is 93.7 Å². The molecule has 2 amide bonds. The Hall–Kier alpha value is -1.65. The Morgan fingerprint density at radius 3 is 2.38 bits per heavy atom. The summed E-state index contributed by atoms with van der Waals surface area (Å²) in [5.41, 5.74) is 0.138. The zero-order valence-corrected chi connectivity index (χ0v) is 9.40. The lowest BCUT2D eigenvalue weighted by Crippen LogP contribution is -2.42. The molecule has 5 heteroatoms. The summed E-state index contributed by atoms with van der Waals surface area (Å²) in [5.74, 6) is -1.40. The van der Waals surface area contributed by atoms with Crippen molar-refractivity contribution < 1.29 is 19.5 Å². The van der Waals surface area contributed by atoms with Crippen LogP contribution in [0.2, 0.25) is 0 Å². The quantitative estimate of drug-likeness (QED) is 0.569. The number of carbonyl (C=O) groups is 3. The number of hydrogen-bond acceptors (Lipinski definition) is 3. The van der Waals surface area contributed by atoms with Crippen molar-refractivity contribution in [1.29, 1.82) is 0 Å². The fourth-order valence-electron chi connectivity index (χ4n) is 1.55. The Morgan fingerprint density at radius 1 is 1.44 bits per heavy atom. The van der Waals surface area contributed by atoms with Crippen molar-refractivity contribution in [2.45, 2.75) is 26.7 Å². The first-order valence-corrected chi connectivity index (χ1v) is 5.15. The lowest BCUT2D eigenvalue weighted by atomic mass is 9.98. The SMILES string of the molecule is CC(=CCN1C(=O)CC(C)CC1=O)C(=O)O. The van der Waals surface area contributed by atoms with Crippen LogP contribution in [0.4, 0.5) is 0 Å². The van der Waals surface area contributed by atoms with E-state index in [4.69, 9.17) is 5.11 Å². The van der Waals surface area contributed by atoms with Crippen molar-refractivity contribution in [1.82, 2.24) is 4.90 Å². The maximum atomic E-state index is 11.5. The van der Waals surface area contributed by atoms with Crippen LogP contribution in [0, 0.1) is 5.92 Å². The van der Waals surface area contributed by atoms with E-state index in [0.717, 1.165) is 4.90 Å². The number of carboxylic acid groups (broad SMARTS) is 1. The highest BCUT2D eigenvalue weighted by atomic mass is 16.4. The van der Waals surface area contributed by atoms with E-state index in [1.165, 1.54) is 13.0 Å². The third kappa shape index (κ3) is 2.92. The first-order valence-electron chi connectivity index (χ1n) is 5.15. The molecule has 0 bridgehead atoms. The van der Waals surface area contributed by atoms with E-state index in [9.17, 15) is 14.4 Å². The second-order valence-electron chi connectivity index (χ2n) is 4.10. The summed E-state index contributed by atoms with van der Waals surface area (Å²) >= 11 is 0. The van der Waals surface area contributed by atoms with Gasteiger partial charge in [-0.3, -0.25) is 14.5 Å². The predicted molar refractivity (Wildman–Crippen MR) is 56.5 cm³/mol. The molecule has 0 atom stereocenters. The summed E-state index contributed by atoms with van der Waals surface area (Å²) in [6, 6.07) is 0. The van der Waals surface area contributed by atoms with Crippen LogP contribution in [-0.4, -0.2) is 34.3 Å². The Morgan fingerprint density at radius 2 is 1.94 bits per heavy atom. The zero-order valence-electron chi connectivity index (χ0n) is 9.40. The third-order valence-corrected chi connectivity index (χ3v) is 2.57. The molecule has 1 aliphatic rings. The normalized spacial score (nSPS) is 19.1. The molecule has 1 aliphatic heterocycles. The van der Waals surface area contributed by atoms with Gasteiger partial charge in [0.15, 0.2) is 0 Å². The molecule has 0 aromatic carbocycles. The second kappa shape index (κ2) is 4.92. The molecule has 1 fully saturated rings. The molecular weight excluding hydrogens is 210 g/mol. The Bertz CT molecular complexity index is 341. The molecule has 0 radical (unpaired) electrons. The fourth-order valence-corrected chi connectivity index (χ4v) is 1.55. The van der Waals surface area contributed by atoms with Crippen molar-refractivity contribution in [3.05, 3.63) is 11.6 Å². The maximum Gasteiger partial charge on any atom is 0.331 e. The van der Waals surface area contributed by atoms with Crippen LogP contribution in [0.15, 0.2) is 11.6 Å². The summed E-state index contributed by atoms with van der Waals surface area (Å²) in [7, 11) is 0. The highest BCUT2D eigenvalue weighted by Crippen LogP contribution is 2.18. The molecule has 0 aromatic heterocycles. The number of rotatable bonds is 3. The number of amides is 2. The number of carbonyl (C=O) groups excluding carboxylic acids is 2. The van der Waals surface area contributed by atoms with E-state index in [0.29, 0.717) is 12.8 Å². The average molecular weight is 225 g/mol. The lowest BCUT2D eigenvalue weighted by Gasteiger charge is -2.27. The molecule has 1 rings (SSSR count). The van der Waals surface area contributed by atoms with Gasteiger partial charge in [0.25, 0.3) is 0 Å². The van der Waals surface area contributed by atoms with Gasteiger partial charge in [0.2, 0.25) is 11.8 Å². The minimum absolute atomic E-state index is 0.0581. The summed E-state index contributed by atoms with van der Waals surface area (Å²) < 4.78 is 0. The number of imide groups is 1. The van der Waals surface area contributed by atoms with E-state index in [1.54, 1.807) is 0 Å². The molecule has 88 valence electrons. The number of likely N-dealkylation sites (tertiary alicyclic amines) is 1. The van der Waals surface area contributed by atoms with Crippen LogP contribution in [0.25, 0.3) is 0 Å². The molecule has 16 heavy (non-hydrogen) atoms. The molecule has 0 spiro atoms. The topological polar surface area (TPSA) is 74.7 Å². The van der Waals surface area contributed by atoms with E-state index in [-0.39, 0.29) is 29.9 Å². The van der Waals surface area contributed by atoms with Crippen LogP contribution in [0.1, 0.15) is 26.7 Å². The Balaban J connectivity index is 2.67. The van der Waals surface area contributed by atoms with Gasteiger partial charge < -0.3 is 5.11 Å². The minimum atomic E-state index is -1.04. The molecular formula is C11H15NO4. The van der Waals surface area contributed by atoms with Gasteiger partial charge in [-0.1, -0.05) is 13.0 Å². The first-order chi connectivity index (χ1) is 7.41. The standard InChI is InChI=1S/C11H15NO4/c1-7-5-9(13)12(10(14)6-7)4-3-8(2)11(15)16/h3,7H,4-6H2,1-2H3,(H,15,16). The van der Waals surface area contributed by atoms with E-state index >= 15 is 0 Å². The van der Waals surface area contributed by atoms with Crippen molar-refractivity contribution in [2.24, 2.45) is 5.92 Å². The molecule has 0 aromatic rings. The van der Waals surface area contributed by atoms with Gasteiger partial charge >= 0.3 is 5.97 Å². The van der Waals surface area contributed by atoms with Crippen LogP contribution < -0.4 is 0 Å². The highest BCUT2D eigenvalue weighted by Gasteiger charge is 2.29. The van der Waals surface area contributed by atoms with Crippen LogP contribution in [0.5, 0.6) is 0 Å². The summed E-state index contributed by atoms with van der Waals surface area (Å²) in [6.45, 7) is 3.35. The monoisotopic (exact) mass is 225 g/mol. The third-order valence-electron chi connectivity index (χ3n) is 2.57. The smallest absolute Gasteiger partial charge is 0.331 e. The number of carboxylic acids is 1. The molecule has 5 nitrogen and oxygen atoms in total. The van der Waals surface area contributed by atoms with Crippen molar-refractivity contribution >= 4 is 17.8 Å². The number of nitrogens with zero attached hydrogens (tertiary/aromatic N) is 1. The highest BCUT2D eigenvalue weighted by molar-refractivity contribution is 5.98. The number of piperidine rings is 1. The fraction of sp³-hybridized carbons (Fsp3) is 0.545. The zero-order chi connectivity index (χ0) is 12.3. The lowest BCUT2D eigenvalue weighted by molar-refractivity contribution is -0.149. The molecule has 1 saturated heterocycles. The number of aliphatic carboxylic acids is 1. The van der Waals surface area contributed by atoms with Gasteiger partial charge in [-0.2, -0.15) is 0 Å². The van der Waals surface area contributed by atoms with Crippen LogP contribution in [0.3, 0.4) is 0 Å². The van der Waals surface area contributed by atoms with Gasteiger partial charge in [0.1, 0.15) is 0 Å². The first kappa shape index (κ1) is 12.4. The molecule has 1 heterocycles. The second-order valence-corrected chi connectivity index (χ2v) is 4.10. The van der Waals surface area contributed by atoms with Crippen molar-refractivity contribution in [3.8, 4) is 0 Å². The van der Waals surface area contributed by atoms with Gasteiger partial charge in [-0.25, -0.2) is 4.79 Å². The Kier molecular flexibility index (Phi) is 3.82. The van der Waals surface area contributed by atoms with Gasteiger partial charge in [0.05, 0.1) is 0 Å². The summed E-state index contributed by atoms with van der Waals surface area (Å²) in [5, 5.41) is 8.63. The minimum Gasteiger partial charge on any atom is -0.478 e. The van der Waals surface area contributed by atoms with Gasteiger partial charge in [-0.05, 0) is 12.8 Å². The van der Waals surface area contributed by atoms with E-state index in [2.05, 4.69) is 0 Å². The van der Waals surface area contributed by atoms with Crippen LogP contribution in [-0.2, 0) is 14.4 Å². The summed E-state index contributed by atoms with van der Waals surface area (Å²) in [6.07, 6.45) is 2.09. The predicted octanol–water partition coefficient (Wildman–Crippen LogP) is 0.802. The molecule has 1 N–H and O–H groups in total. The van der Waals surface area contributed by atoms with Crippen molar-refractivity contribution in [2.75, 3.05) is 6.54 Å². The molecule has 0 unspecified atom stereocenters. The average Bonchev–Trinajstić information content (AvgIpc) is 2.15. The largest absolute Gasteiger partial charge is 0.478 e. The maximum absolute atomic E-state index is 11.5. The number of hydrogen-bond donors (Lipinski definition) is 1. The van der Waals surface area contributed by atoms with Crippen molar-refractivity contribution in [3.63, 3.8) is 0 Å². The van der Waals surface area contributed by atoms with E-state index < -0.39 is 5.97 Å². The molecule has 0 aliphatic carbocycles. The van der Waals surface area contributed by atoms with Crippen LogP contribution >= 0.6 is 0 Å². The summed E-state index contributed by atoms with van der Waals surface area (Å²) in [4.78, 5) is 34.7.